The summed E-state index contributed by atoms with van der Waals surface area (Å²) < 4.78 is 0. The Kier molecular flexibility index (Phi) is 6.00. The molecule has 1 radical (unpaired) electrons. The average molecular weight is 378 g/mol. The molecule has 0 saturated heterocycles. The first-order valence-electron chi connectivity index (χ1n) is 9.36. The number of hydrogen-bond donors (Lipinski definition) is 0. The fraction of sp³-hybridized carbons (Fsp3) is 0.250. The van der Waals surface area contributed by atoms with Gasteiger partial charge < -0.3 is 0 Å². The molecule has 0 aliphatic rings. The number of halogens is 1. The maximum Gasteiger partial charge on any atom is 0.156 e. The third-order valence-corrected chi connectivity index (χ3v) is 8.38. The first-order valence-corrected chi connectivity index (χ1v) is 11.2. The lowest BCUT2D eigenvalue weighted by molar-refractivity contribution is 1.09. The van der Waals surface area contributed by atoms with Crippen molar-refractivity contribution in [2.75, 3.05) is 0 Å². The fourth-order valence-electron chi connectivity index (χ4n) is 3.53. The van der Waals surface area contributed by atoms with Crippen molar-refractivity contribution in [3.8, 4) is 0 Å². The molecule has 26 heavy (non-hydrogen) atoms. The van der Waals surface area contributed by atoms with E-state index in [0.29, 0.717) is 0 Å². The molecule has 0 bridgehead atoms. The van der Waals surface area contributed by atoms with E-state index in [1.807, 2.05) is 12.1 Å². The Morgan fingerprint density at radius 3 is 2.00 bits per heavy atom. The van der Waals surface area contributed by atoms with Gasteiger partial charge in [0.1, 0.15) is 0 Å². The summed E-state index contributed by atoms with van der Waals surface area (Å²) in [5.41, 5.74) is 5.50. The second-order valence-corrected chi connectivity index (χ2v) is 9.73. The molecule has 0 N–H and O–H groups in total. The molecule has 0 unspecified atom stereocenters. The highest BCUT2D eigenvalue weighted by atomic mass is 35.5. The Morgan fingerprint density at radius 1 is 0.769 bits per heavy atom. The Labute approximate surface area is 164 Å². The summed E-state index contributed by atoms with van der Waals surface area (Å²) in [6, 6.07) is 22.3. The zero-order valence-electron chi connectivity index (χ0n) is 16.1. The zero-order valence-corrected chi connectivity index (χ0v) is 17.8. The van der Waals surface area contributed by atoms with E-state index in [1.54, 1.807) is 0 Å². The molecule has 0 heterocycles. The minimum Gasteiger partial charge on any atom is -0.0845 e. The summed E-state index contributed by atoms with van der Waals surface area (Å²) in [7, 11) is -1.15. The first kappa shape index (κ1) is 18.9. The van der Waals surface area contributed by atoms with Crippen molar-refractivity contribution in [3.63, 3.8) is 0 Å². The minimum atomic E-state index is -1.15. The lowest BCUT2D eigenvalue weighted by atomic mass is 10.1. The Bertz CT molecular complexity index is 892. The summed E-state index contributed by atoms with van der Waals surface area (Å²) in [4.78, 5) is 0. The second-order valence-electron chi connectivity index (χ2n) is 6.92. The molecule has 3 aromatic carbocycles. The quantitative estimate of drug-likeness (QED) is 0.450. The number of benzene rings is 3. The van der Waals surface area contributed by atoms with Crippen molar-refractivity contribution in [2.45, 2.75) is 40.5 Å². The van der Waals surface area contributed by atoms with Gasteiger partial charge in [0, 0.05) is 5.02 Å². The molecule has 133 valence electrons. The molecule has 3 aromatic rings. The molecular weight excluding hydrogens is 352 g/mol. The number of rotatable bonds is 5. The highest BCUT2D eigenvalue weighted by Gasteiger charge is 2.24. The topological polar surface area (TPSA) is 0 Å². The van der Waals surface area contributed by atoms with Crippen LogP contribution in [0.3, 0.4) is 0 Å². The maximum absolute atomic E-state index is 6.68. The van der Waals surface area contributed by atoms with Gasteiger partial charge in [0.05, 0.1) is 0 Å². The molecule has 0 aliphatic heterocycles. The maximum atomic E-state index is 6.68. The van der Waals surface area contributed by atoms with E-state index in [4.69, 9.17) is 11.6 Å². The molecule has 0 fully saturated rings. The Morgan fingerprint density at radius 2 is 1.42 bits per heavy atom. The van der Waals surface area contributed by atoms with Crippen LogP contribution < -0.4 is 15.6 Å². The van der Waals surface area contributed by atoms with Crippen LogP contribution in [0.15, 0.2) is 60.7 Å². The van der Waals surface area contributed by atoms with Gasteiger partial charge in [-0.25, -0.2) is 0 Å². The largest absolute Gasteiger partial charge is 0.156 e. The molecular formula is C24H26ClSi. The van der Waals surface area contributed by atoms with Crippen LogP contribution in [0.4, 0.5) is 0 Å². The Hall–Kier alpha value is -1.83. The van der Waals surface area contributed by atoms with Crippen LogP contribution in [-0.4, -0.2) is 8.80 Å². The molecule has 0 amide bonds. The molecule has 0 aromatic heterocycles. The third kappa shape index (κ3) is 3.95. The van der Waals surface area contributed by atoms with Crippen LogP contribution >= 0.6 is 11.6 Å². The molecule has 3 rings (SSSR count). The molecule has 0 atom stereocenters. The summed E-state index contributed by atoms with van der Waals surface area (Å²) in [6.07, 6.45) is 2.12. The molecule has 0 spiro atoms. The number of aryl methyl sites for hydroxylation is 4. The summed E-state index contributed by atoms with van der Waals surface area (Å²) in [5.74, 6) is 0. The summed E-state index contributed by atoms with van der Waals surface area (Å²) >= 11 is 6.68. The predicted octanol–water partition coefficient (Wildman–Crippen LogP) is 4.60. The van der Waals surface area contributed by atoms with Crippen molar-refractivity contribution in [3.05, 3.63) is 87.9 Å². The normalized spacial score (nSPS) is 11.2. The Balaban J connectivity index is 2.27. The van der Waals surface area contributed by atoms with E-state index < -0.39 is 8.80 Å². The van der Waals surface area contributed by atoms with Crippen LogP contribution in [0.1, 0.15) is 36.1 Å². The minimum absolute atomic E-state index is 0.876. The van der Waals surface area contributed by atoms with Crippen LogP contribution in [0.25, 0.3) is 0 Å². The molecule has 0 nitrogen and oxygen atoms in total. The number of hydrogen-bond acceptors (Lipinski definition) is 0. The average Bonchev–Trinajstić information content (AvgIpc) is 2.64. The van der Waals surface area contributed by atoms with Gasteiger partial charge in [-0.05, 0) is 54.3 Å². The van der Waals surface area contributed by atoms with Crippen molar-refractivity contribution in [2.24, 2.45) is 0 Å². The third-order valence-electron chi connectivity index (χ3n) is 4.95. The van der Waals surface area contributed by atoms with Crippen LogP contribution in [-0.2, 0) is 12.8 Å². The molecule has 0 aliphatic carbocycles. The highest BCUT2D eigenvalue weighted by molar-refractivity contribution is 6.96. The van der Waals surface area contributed by atoms with E-state index in [1.165, 1.54) is 37.8 Å². The van der Waals surface area contributed by atoms with Gasteiger partial charge in [0.2, 0.25) is 0 Å². The van der Waals surface area contributed by atoms with Crippen LogP contribution in [0, 0.1) is 13.8 Å². The van der Waals surface area contributed by atoms with Crippen molar-refractivity contribution in [1.29, 1.82) is 0 Å². The van der Waals surface area contributed by atoms with E-state index >= 15 is 0 Å². The van der Waals surface area contributed by atoms with E-state index in [0.717, 1.165) is 17.9 Å². The van der Waals surface area contributed by atoms with Gasteiger partial charge in [0.25, 0.3) is 0 Å². The standard InChI is InChI=1S/C24H26ClSi/c1-5-19-14-20(6-2)16-21(15-19)26(24-10-8-7-9-22(24)25)23-12-11-17(3)13-18(23)4/h7-16H,5-6H2,1-4H3. The first-order chi connectivity index (χ1) is 12.5. The van der Waals surface area contributed by atoms with Gasteiger partial charge in [0.15, 0.2) is 8.80 Å². The summed E-state index contributed by atoms with van der Waals surface area (Å²) in [6.45, 7) is 8.86. The van der Waals surface area contributed by atoms with Gasteiger partial charge >= 0.3 is 0 Å². The van der Waals surface area contributed by atoms with E-state index in [9.17, 15) is 0 Å². The van der Waals surface area contributed by atoms with Crippen molar-refractivity contribution >= 4 is 36.0 Å². The lowest BCUT2D eigenvalue weighted by Crippen LogP contribution is -2.53. The SMILES string of the molecule is CCc1cc(CC)cc([Si](c2ccc(C)cc2C)c2ccccc2Cl)c1. The lowest BCUT2D eigenvalue weighted by Gasteiger charge is -2.22. The predicted molar refractivity (Wildman–Crippen MR) is 117 cm³/mol. The summed E-state index contributed by atoms with van der Waals surface area (Å²) in [5, 5.41) is 5.03. The zero-order chi connectivity index (χ0) is 18.7. The smallest absolute Gasteiger partial charge is 0.0845 e. The van der Waals surface area contributed by atoms with Gasteiger partial charge in [-0.1, -0.05) is 96.4 Å². The monoisotopic (exact) mass is 377 g/mol. The second kappa shape index (κ2) is 8.24. The molecule has 0 saturated carbocycles. The van der Waals surface area contributed by atoms with Crippen molar-refractivity contribution in [1.82, 2.24) is 0 Å². The fourth-order valence-corrected chi connectivity index (χ4v) is 6.82. The van der Waals surface area contributed by atoms with Crippen LogP contribution in [0.5, 0.6) is 0 Å². The van der Waals surface area contributed by atoms with Gasteiger partial charge in [-0.15, -0.1) is 0 Å². The van der Waals surface area contributed by atoms with E-state index in [-0.39, 0.29) is 0 Å². The van der Waals surface area contributed by atoms with Gasteiger partial charge in [-0.2, -0.15) is 0 Å². The van der Waals surface area contributed by atoms with E-state index in [2.05, 4.69) is 76.2 Å². The van der Waals surface area contributed by atoms with Crippen LogP contribution in [0.2, 0.25) is 5.02 Å². The highest BCUT2D eigenvalue weighted by Crippen LogP contribution is 2.12. The molecule has 2 heteroatoms. The van der Waals surface area contributed by atoms with Gasteiger partial charge in [-0.3, -0.25) is 0 Å². The van der Waals surface area contributed by atoms with Crippen molar-refractivity contribution < 1.29 is 0 Å².